The summed E-state index contributed by atoms with van der Waals surface area (Å²) in [6.07, 6.45) is 6.41. The Labute approximate surface area is 434 Å². The predicted octanol–water partition coefficient (Wildman–Crippen LogP) is 19.8. The number of anilines is 3. The fraction of sp³-hybridized carbons (Fsp3) is 0.111. The molecular formula is C72H56N2. The molecule has 354 valence electrons. The Hall–Kier alpha value is -8.72. The van der Waals surface area contributed by atoms with Gasteiger partial charge in [0, 0.05) is 38.7 Å². The van der Waals surface area contributed by atoms with E-state index in [9.17, 15) is 0 Å². The average Bonchev–Trinajstić information content (AvgIpc) is 3.95. The molecule has 2 heteroatoms. The molecule has 14 rings (SSSR count). The number of benzene rings is 11. The van der Waals surface area contributed by atoms with Crippen LogP contribution in [0, 0.1) is 0 Å². The van der Waals surface area contributed by atoms with E-state index in [0.717, 1.165) is 22.7 Å². The van der Waals surface area contributed by atoms with Crippen LogP contribution in [0.2, 0.25) is 0 Å². The molecule has 74 heavy (non-hydrogen) atoms. The third-order valence-corrected chi connectivity index (χ3v) is 16.7. The van der Waals surface area contributed by atoms with Crippen LogP contribution in [0.4, 0.5) is 17.1 Å². The van der Waals surface area contributed by atoms with Crippen LogP contribution in [0.3, 0.4) is 0 Å². The first-order valence-corrected chi connectivity index (χ1v) is 26.6. The first kappa shape index (κ1) is 44.0. The van der Waals surface area contributed by atoms with Crippen molar-refractivity contribution in [2.45, 2.75) is 50.4 Å². The minimum Gasteiger partial charge on any atom is -0.309 e. The third-order valence-electron chi connectivity index (χ3n) is 16.7. The van der Waals surface area contributed by atoms with Gasteiger partial charge in [0.2, 0.25) is 0 Å². The van der Waals surface area contributed by atoms with Crippen molar-refractivity contribution < 1.29 is 0 Å². The van der Waals surface area contributed by atoms with Crippen LogP contribution in [0.25, 0.3) is 82.8 Å². The van der Waals surface area contributed by atoms with E-state index >= 15 is 0 Å². The lowest BCUT2D eigenvalue weighted by molar-refractivity contribution is 0.445. The molecule has 0 amide bonds. The van der Waals surface area contributed by atoms with Gasteiger partial charge in [0.05, 0.1) is 22.4 Å². The van der Waals surface area contributed by atoms with E-state index in [-0.39, 0.29) is 5.41 Å². The lowest BCUT2D eigenvalue weighted by Crippen LogP contribution is -2.22. The molecule has 1 atom stereocenters. The van der Waals surface area contributed by atoms with Crippen molar-refractivity contribution in [1.29, 1.82) is 0 Å². The molecule has 1 aromatic heterocycles. The molecule has 0 radical (unpaired) electrons. The van der Waals surface area contributed by atoms with E-state index in [0.29, 0.717) is 5.92 Å². The molecule has 1 fully saturated rings. The van der Waals surface area contributed by atoms with Gasteiger partial charge >= 0.3 is 0 Å². The van der Waals surface area contributed by atoms with Crippen molar-refractivity contribution in [3.05, 3.63) is 277 Å². The monoisotopic (exact) mass is 948 g/mol. The standard InChI is InChI=1S/C72H56N2/c1-72(54-27-7-3-8-28-54)65-38-15-11-33-59(65)60-44-42-53(48-66(60)72)57-32-12-16-39-67(57)74(68-40-17-13-34-61(68)63-37-21-25-50-24-20-36-58(71(50)63)49-22-5-2-6-23-49)56-31-19-26-51(46-56)52-43-45-70-64(47-52)62-35-14-18-41-69(62)73(70)55-29-9-4-10-30-55/h3-4,7-21,24-49H,2,5-6,22-23H2,1H3. The maximum Gasteiger partial charge on any atom is 0.0541 e. The van der Waals surface area contributed by atoms with E-state index in [4.69, 9.17) is 0 Å². The Morgan fingerprint density at radius 2 is 1.01 bits per heavy atom. The zero-order valence-corrected chi connectivity index (χ0v) is 41.8. The van der Waals surface area contributed by atoms with Gasteiger partial charge in [0.15, 0.2) is 0 Å². The second-order valence-electron chi connectivity index (χ2n) is 20.7. The number of nitrogens with zero attached hydrogens (tertiary/aromatic N) is 2. The Kier molecular flexibility index (Phi) is 10.8. The van der Waals surface area contributed by atoms with E-state index in [2.05, 4.69) is 271 Å². The number of aromatic nitrogens is 1. The van der Waals surface area contributed by atoms with E-state index < -0.39 is 0 Å². The Balaban J connectivity index is 0.980. The topological polar surface area (TPSA) is 8.17 Å². The van der Waals surface area contributed by atoms with Crippen LogP contribution >= 0.6 is 0 Å². The summed E-state index contributed by atoms with van der Waals surface area (Å²) >= 11 is 0. The molecule has 1 heterocycles. The minimum absolute atomic E-state index is 0.322. The molecule has 2 aliphatic rings. The SMILES string of the molecule is CC1(c2ccccc2)c2ccccc2-c2ccc(-c3ccccc3N(c3cccc(-c4ccc5c(c4)c4ccccc4n5-c4ccccc4)c3)c3ccccc3-c3cccc4cccc(C5CCCCC5)c34)cc21. The van der Waals surface area contributed by atoms with Crippen LogP contribution in [0.5, 0.6) is 0 Å². The fourth-order valence-electron chi connectivity index (χ4n) is 13.1. The maximum absolute atomic E-state index is 2.55. The minimum atomic E-state index is -0.322. The molecule has 0 N–H and O–H groups in total. The van der Waals surface area contributed by atoms with E-state index in [1.165, 1.54) is 131 Å². The zero-order chi connectivity index (χ0) is 49.2. The number of hydrogen-bond donors (Lipinski definition) is 0. The molecule has 1 unspecified atom stereocenters. The smallest absolute Gasteiger partial charge is 0.0541 e. The van der Waals surface area contributed by atoms with E-state index in [1.807, 2.05) is 0 Å². The number of rotatable bonds is 9. The van der Waals surface area contributed by atoms with Gasteiger partial charge in [-0.05, 0) is 153 Å². The third kappa shape index (κ3) is 7.15. The summed E-state index contributed by atoms with van der Waals surface area (Å²) in [5.41, 5.74) is 21.9. The van der Waals surface area contributed by atoms with Crippen LogP contribution < -0.4 is 4.90 Å². The van der Waals surface area contributed by atoms with Gasteiger partial charge in [-0.15, -0.1) is 0 Å². The molecule has 2 nitrogen and oxygen atoms in total. The molecule has 12 aromatic rings. The first-order chi connectivity index (χ1) is 36.6. The molecule has 0 spiro atoms. The largest absolute Gasteiger partial charge is 0.309 e. The van der Waals surface area contributed by atoms with Crippen LogP contribution in [-0.2, 0) is 5.41 Å². The summed E-state index contributed by atoms with van der Waals surface area (Å²) in [5.74, 6) is 0.556. The average molecular weight is 949 g/mol. The molecule has 1 saturated carbocycles. The van der Waals surface area contributed by atoms with Crippen molar-refractivity contribution in [2.75, 3.05) is 4.90 Å². The molecule has 0 aliphatic heterocycles. The van der Waals surface area contributed by atoms with Crippen LogP contribution in [0.15, 0.2) is 255 Å². The lowest BCUT2D eigenvalue weighted by atomic mass is 9.74. The lowest BCUT2D eigenvalue weighted by Gasteiger charge is -2.31. The Morgan fingerprint density at radius 3 is 1.84 bits per heavy atom. The van der Waals surface area contributed by atoms with Gasteiger partial charge in [0.25, 0.3) is 0 Å². The zero-order valence-electron chi connectivity index (χ0n) is 41.8. The highest BCUT2D eigenvalue weighted by Gasteiger charge is 2.41. The van der Waals surface area contributed by atoms with Gasteiger partial charge in [-0.2, -0.15) is 0 Å². The Bertz CT molecular complexity index is 4080. The van der Waals surface area contributed by atoms with Crippen molar-refractivity contribution in [3.8, 4) is 50.2 Å². The van der Waals surface area contributed by atoms with Gasteiger partial charge in [-0.3, -0.25) is 0 Å². The number of para-hydroxylation sites is 4. The number of fused-ring (bicyclic) bond motifs is 7. The summed E-state index contributed by atoms with van der Waals surface area (Å²) in [5, 5.41) is 5.18. The highest BCUT2D eigenvalue weighted by Crippen LogP contribution is 2.54. The van der Waals surface area contributed by atoms with Crippen molar-refractivity contribution in [1.82, 2.24) is 4.57 Å². The Morgan fingerprint density at radius 1 is 0.405 bits per heavy atom. The van der Waals surface area contributed by atoms with Crippen LogP contribution in [-0.4, -0.2) is 4.57 Å². The second-order valence-corrected chi connectivity index (χ2v) is 20.7. The van der Waals surface area contributed by atoms with Gasteiger partial charge in [-0.1, -0.05) is 213 Å². The summed E-state index contributed by atoms with van der Waals surface area (Å²) in [7, 11) is 0. The van der Waals surface area contributed by atoms with Crippen molar-refractivity contribution in [2.24, 2.45) is 0 Å². The summed E-state index contributed by atoms with van der Waals surface area (Å²) in [6, 6.07) is 95.3. The maximum atomic E-state index is 2.55. The normalized spacial score (nSPS) is 15.4. The highest BCUT2D eigenvalue weighted by atomic mass is 15.1. The summed E-state index contributed by atoms with van der Waals surface area (Å²) in [4.78, 5) is 2.55. The second kappa shape index (κ2) is 18.1. The molecular weight excluding hydrogens is 893 g/mol. The van der Waals surface area contributed by atoms with Crippen LogP contribution in [0.1, 0.15) is 67.2 Å². The summed E-state index contributed by atoms with van der Waals surface area (Å²) in [6.45, 7) is 2.42. The molecule has 0 saturated heterocycles. The first-order valence-electron chi connectivity index (χ1n) is 26.6. The predicted molar refractivity (Wildman–Crippen MR) is 313 cm³/mol. The van der Waals surface area contributed by atoms with E-state index in [1.54, 1.807) is 0 Å². The molecule has 0 bridgehead atoms. The highest BCUT2D eigenvalue weighted by molar-refractivity contribution is 6.11. The molecule has 2 aliphatic carbocycles. The van der Waals surface area contributed by atoms with Gasteiger partial charge in [-0.25, -0.2) is 0 Å². The van der Waals surface area contributed by atoms with Gasteiger partial charge < -0.3 is 9.47 Å². The quantitative estimate of drug-likeness (QED) is 0.140. The number of hydrogen-bond acceptors (Lipinski definition) is 1. The van der Waals surface area contributed by atoms with Crippen molar-refractivity contribution in [3.63, 3.8) is 0 Å². The van der Waals surface area contributed by atoms with Crippen molar-refractivity contribution >= 4 is 49.6 Å². The van der Waals surface area contributed by atoms with Gasteiger partial charge in [0.1, 0.15) is 0 Å². The molecule has 11 aromatic carbocycles. The summed E-state index contributed by atoms with van der Waals surface area (Å²) < 4.78 is 2.40. The fourth-order valence-corrected chi connectivity index (χ4v) is 13.1.